The molecule has 4 aromatic rings. The molecule has 0 saturated heterocycles. The number of aryl methyl sites for hydroxylation is 1. The summed E-state index contributed by atoms with van der Waals surface area (Å²) in [6.45, 7) is 1.92. The van der Waals surface area contributed by atoms with E-state index in [0.717, 1.165) is 26.5 Å². The van der Waals surface area contributed by atoms with Crippen molar-refractivity contribution in [3.8, 4) is 12.1 Å². The number of hydrogen-bond donors (Lipinski definition) is 2. The van der Waals surface area contributed by atoms with E-state index >= 15 is 0 Å². The fourth-order valence-electron chi connectivity index (χ4n) is 2.38. The first-order valence-electron chi connectivity index (χ1n) is 7.21. The van der Waals surface area contributed by atoms with Crippen molar-refractivity contribution in [2.75, 3.05) is 0 Å². The summed E-state index contributed by atoms with van der Waals surface area (Å²) >= 11 is 15.3. The highest BCUT2D eigenvalue weighted by Gasteiger charge is 2.10. The van der Waals surface area contributed by atoms with Gasteiger partial charge in [-0.25, -0.2) is 9.97 Å². The van der Waals surface area contributed by atoms with Gasteiger partial charge in [0.25, 0.3) is 0 Å². The van der Waals surface area contributed by atoms with Crippen LogP contribution >= 0.6 is 39.1 Å². The van der Waals surface area contributed by atoms with Crippen LogP contribution in [0.2, 0.25) is 10.0 Å². The van der Waals surface area contributed by atoms with Crippen LogP contribution in [0.5, 0.6) is 0 Å². The Kier molecular flexibility index (Phi) is 6.45. The molecular weight excluding hydrogens is 451 g/mol. The zero-order chi connectivity index (χ0) is 18.8. The number of fused-ring (bicyclic) bond motifs is 2. The molecule has 0 bridgehead atoms. The second-order valence-electron chi connectivity index (χ2n) is 5.25. The maximum Gasteiger partial charge on any atom is 0.140 e. The van der Waals surface area contributed by atoms with Gasteiger partial charge in [0.1, 0.15) is 23.4 Å². The summed E-state index contributed by atoms with van der Waals surface area (Å²) in [5, 5.41) is 19.9. The van der Waals surface area contributed by atoms with Crippen molar-refractivity contribution in [1.29, 1.82) is 10.5 Å². The van der Waals surface area contributed by atoms with Gasteiger partial charge in [0.05, 0.1) is 26.6 Å². The number of aromatic nitrogens is 4. The lowest BCUT2D eigenvalue weighted by atomic mass is 10.2. The van der Waals surface area contributed by atoms with Gasteiger partial charge in [0.2, 0.25) is 0 Å². The molecule has 2 N–H and O–H groups in total. The van der Waals surface area contributed by atoms with Gasteiger partial charge >= 0.3 is 0 Å². The van der Waals surface area contributed by atoms with Crippen LogP contribution in [0.3, 0.4) is 0 Å². The van der Waals surface area contributed by atoms with Crippen molar-refractivity contribution in [2.45, 2.75) is 14.4 Å². The van der Waals surface area contributed by atoms with E-state index in [0.29, 0.717) is 26.8 Å². The zero-order valence-electron chi connectivity index (χ0n) is 13.2. The van der Waals surface area contributed by atoms with Gasteiger partial charge < -0.3 is 9.97 Å². The molecule has 0 fully saturated rings. The first-order valence-corrected chi connectivity index (χ1v) is 8.76. The highest BCUT2D eigenvalue weighted by atomic mass is 79.9. The number of nitrogens with one attached hydrogen (secondary N) is 2. The molecule has 0 radical (unpaired) electrons. The first-order chi connectivity index (χ1) is 12.5. The van der Waals surface area contributed by atoms with E-state index in [1.54, 1.807) is 6.20 Å². The first kappa shape index (κ1) is 20.7. The molecule has 4 rings (SSSR count). The zero-order valence-corrected chi connectivity index (χ0v) is 16.3. The second-order valence-corrected chi connectivity index (χ2v) is 6.86. The Bertz CT molecular complexity index is 1120. The summed E-state index contributed by atoms with van der Waals surface area (Å²) in [4.78, 5) is 14.0. The summed E-state index contributed by atoms with van der Waals surface area (Å²) < 4.78 is 0.817. The fraction of sp³-hybridized carbons (Fsp3) is 0.111. The number of aromatic amines is 2. The van der Waals surface area contributed by atoms with Gasteiger partial charge in [0, 0.05) is 34.6 Å². The van der Waals surface area contributed by atoms with Crippen molar-refractivity contribution in [3.05, 3.63) is 56.0 Å². The molecule has 9 heteroatoms. The van der Waals surface area contributed by atoms with Gasteiger partial charge in [-0.3, -0.25) is 0 Å². The monoisotopic (exact) mass is 462 g/mol. The van der Waals surface area contributed by atoms with E-state index in [-0.39, 0.29) is 7.43 Å². The van der Waals surface area contributed by atoms with Crippen LogP contribution in [0.15, 0.2) is 29.3 Å². The molecule has 0 aromatic carbocycles. The third kappa shape index (κ3) is 3.77. The topological polar surface area (TPSA) is 105 Å². The fourth-order valence-corrected chi connectivity index (χ4v) is 3.61. The largest absolute Gasteiger partial charge is 0.346 e. The van der Waals surface area contributed by atoms with Crippen molar-refractivity contribution in [3.63, 3.8) is 0 Å². The minimum Gasteiger partial charge on any atom is -0.346 e. The maximum atomic E-state index is 8.72. The SMILES string of the molecule is C.Cc1c[nH]c2ncc(C#N)c(Cl)c12.N#Cc1cnc2[nH]cc(Br)c2c1Cl. The van der Waals surface area contributed by atoms with Crippen LogP contribution in [0.4, 0.5) is 0 Å². The summed E-state index contributed by atoms with van der Waals surface area (Å²) in [5.41, 5.74) is 3.20. The molecule has 0 spiro atoms. The molecule has 0 unspecified atom stereocenters. The normalized spacial score (nSPS) is 9.85. The Balaban J connectivity index is 0.000000187. The van der Waals surface area contributed by atoms with Crippen LogP contribution < -0.4 is 0 Å². The number of H-pyrrole nitrogens is 2. The van der Waals surface area contributed by atoms with Gasteiger partial charge in [-0.2, -0.15) is 10.5 Å². The molecule has 4 aromatic heterocycles. The molecule has 4 heterocycles. The number of nitrogens with zero attached hydrogens (tertiary/aromatic N) is 4. The van der Waals surface area contributed by atoms with Crippen LogP contribution in [-0.2, 0) is 0 Å². The minimum absolute atomic E-state index is 0. The molecule has 0 aliphatic heterocycles. The summed E-state index contributed by atoms with van der Waals surface area (Å²) in [5.74, 6) is 0. The smallest absolute Gasteiger partial charge is 0.140 e. The Morgan fingerprint density at radius 2 is 1.41 bits per heavy atom. The third-order valence-electron chi connectivity index (χ3n) is 3.67. The van der Waals surface area contributed by atoms with Gasteiger partial charge in [-0.15, -0.1) is 0 Å². The van der Waals surface area contributed by atoms with E-state index in [1.165, 1.54) is 12.4 Å². The van der Waals surface area contributed by atoms with Crippen LogP contribution in [0.25, 0.3) is 22.1 Å². The van der Waals surface area contributed by atoms with Crippen LogP contribution in [-0.4, -0.2) is 19.9 Å². The molecule has 0 atom stereocenters. The van der Waals surface area contributed by atoms with Crippen molar-refractivity contribution >= 4 is 61.2 Å². The van der Waals surface area contributed by atoms with E-state index < -0.39 is 0 Å². The number of nitriles is 2. The Hall–Kier alpha value is -2.58. The lowest BCUT2D eigenvalue weighted by Crippen LogP contribution is -1.83. The molecule has 0 saturated carbocycles. The maximum absolute atomic E-state index is 8.72. The Morgan fingerprint density at radius 1 is 0.926 bits per heavy atom. The third-order valence-corrected chi connectivity index (χ3v) is 5.08. The summed E-state index contributed by atoms with van der Waals surface area (Å²) in [7, 11) is 0. The average Bonchev–Trinajstić information content (AvgIpc) is 3.20. The summed E-state index contributed by atoms with van der Waals surface area (Å²) in [6, 6.07) is 3.97. The molecule has 0 aliphatic rings. The van der Waals surface area contributed by atoms with Gasteiger partial charge in [-0.1, -0.05) is 30.6 Å². The lowest BCUT2D eigenvalue weighted by Gasteiger charge is -1.96. The van der Waals surface area contributed by atoms with Crippen LogP contribution in [0, 0.1) is 29.6 Å². The average molecular weight is 464 g/mol. The van der Waals surface area contributed by atoms with Crippen molar-refractivity contribution in [2.24, 2.45) is 0 Å². The predicted molar refractivity (Wildman–Crippen MR) is 111 cm³/mol. The number of hydrogen-bond acceptors (Lipinski definition) is 4. The molecule has 136 valence electrons. The van der Waals surface area contributed by atoms with Gasteiger partial charge in [0.15, 0.2) is 0 Å². The minimum atomic E-state index is 0. The highest BCUT2D eigenvalue weighted by Crippen LogP contribution is 2.31. The molecule has 27 heavy (non-hydrogen) atoms. The van der Waals surface area contributed by atoms with E-state index in [9.17, 15) is 0 Å². The standard InChI is InChI=1S/C9H6ClN3.C8H3BrClN3.CH4/c1-5-3-12-9-7(5)8(10)6(2-11)4-13-9;9-5-3-13-8-6(5)7(10)4(1-11)2-12-8;/h3-4H,1H3,(H,12,13);2-3H,(H,12,13);1H4. The van der Waals surface area contributed by atoms with Crippen LogP contribution in [0.1, 0.15) is 24.1 Å². The number of rotatable bonds is 0. The second kappa shape index (κ2) is 8.41. The van der Waals surface area contributed by atoms with E-state index in [2.05, 4.69) is 35.9 Å². The number of pyridine rings is 2. The summed E-state index contributed by atoms with van der Waals surface area (Å²) in [6.07, 6.45) is 6.49. The predicted octanol–water partition coefficient (Wildman–Crippen LogP) is 5.88. The highest BCUT2D eigenvalue weighted by molar-refractivity contribution is 9.10. The molecule has 0 amide bonds. The Labute approximate surface area is 173 Å². The van der Waals surface area contributed by atoms with Crippen molar-refractivity contribution < 1.29 is 0 Å². The van der Waals surface area contributed by atoms with Crippen molar-refractivity contribution in [1.82, 2.24) is 19.9 Å². The quantitative estimate of drug-likeness (QED) is 0.339. The molecular formula is C18H13BrCl2N6. The van der Waals surface area contributed by atoms with E-state index in [4.69, 9.17) is 33.7 Å². The molecule has 6 nitrogen and oxygen atoms in total. The lowest BCUT2D eigenvalue weighted by molar-refractivity contribution is 1.31. The number of halogens is 3. The van der Waals surface area contributed by atoms with E-state index in [1.807, 2.05) is 25.3 Å². The Morgan fingerprint density at radius 3 is 1.96 bits per heavy atom. The molecule has 0 aliphatic carbocycles. The van der Waals surface area contributed by atoms with Gasteiger partial charge in [-0.05, 0) is 28.4 Å².